The van der Waals surface area contributed by atoms with Gasteiger partial charge >= 0.3 is 0 Å². The summed E-state index contributed by atoms with van der Waals surface area (Å²) in [5.74, 6) is 0.897. The highest BCUT2D eigenvalue weighted by Crippen LogP contribution is 2.32. The first kappa shape index (κ1) is 18.8. The van der Waals surface area contributed by atoms with Crippen molar-refractivity contribution in [3.8, 4) is 5.69 Å². The van der Waals surface area contributed by atoms with Gasteiger partial charge in [0.2, 0.25) is 0 Å². The van der Waals surface area contributed by atoms with E-state index in [1.807, 2.05) is 43.4 Å². The van der Waals surface area contributed by atoms with E-state index in [4.69, 9.17) is 5.41 Å². The zero-order chi connectivity index (χ0) is 21.2. The number of hydrogen-bond acceptors (Lipinski definition) is 1. The third-order valence-corrected chi connectivity index (χ3v) is 5.47. The van der Waals surface area contributed by atoms with Crippen molar-refractivity contribution in [1.29, 1.82) is 5.41 Å². The summed E-state index contributed by atoms with van der Waals surface area (Å²) in [6.07, 6.45) is 0. The van der Waals surface area contributed by atoms with Crippen molar-refractivity contribution >= 4 is 33.5 Å². The van der Waals surface area contributed by atoms with E-state index in [0.717, 1.165) is 22.3 Å². The molecule has 5 rings (SSSR count). The standard InChI is InChI=1S/C27H22N4/c1-29-27(30-26(28)19-10-4-2-5-11-19)20-16-17-23-22-14-8-9-15-24(22)31(25(23)18-20)21-12-6-3-7-13-21/h2-18H,1H3,(H2,28,29,30). The van der Waals surface area contributed by atoms with Crippen LogP contribution in [0.25, 0.3) is 27.5 Å². The predicted molar refractivity (Wildman–Crippen MR) is 130 cm³/mol. The van der Waals surface area contributed by atoms with Crippen LogP contribution in [0, 0.1) is 5.41 Å². The zero-order valence-electron chi connectivity index (χ0n) is 17.2. The van der Waals surface area contributed by atoms with Crippen molar-refractivity contribution in [3.63, 3.8) is 0 Å². The van der Waals surface area contributed by atoms with Crippen molar-refractivity contribution in [2.24, 2.45) is 4.99 Å². The number of rotatable bonds is 3. The van der Waals surface area contributed by atoms with Crippen molar-refractivity contribution in [2.45, 2.75) is 0 Å². The molecular weight excluding hydrogens is 380 g/mol. The molecule has 4 nitrogen and oxygen atoms in total. The topological polar surface area (TPSA) is 53.2 Å². The number of para-hydroxylation sites is 2. The van der Waals surface area contributed by atoms with E-state index in [2.05, 4.69) is 81.6 Å². The van der Waals surface area contributed by atoms with Gasteiger partial charge in [-0.15, -0.1) is 0 Å². The van der Waals surface area contributed by atoms with E-state index >= 15 is 0 Å². The molecule has 0 amide bonds. The van der Waals surface area contributed by atoms with Gasteiger partial charge in [0.1, 0.15) is 5.84 Å². The maximum atomic E-state index is 8.41. The van der Waals surface area contributed by atoms with Gasteiger partial charge in [-0.3, -0.25) is 5.41 Å². The largest absolute Gasteiger partial charge is 0.373 e. The molecule has 0 atom stereocenters. The molecule has 0 aliphatic rings. The second-order valence-corrected chi connectivity index (χ2v) is 7.35. The van der Waals surface area contributed by atoms with E-state index in [9.17, 15) is 0 Å². The fraction of sp³-hybridized carbons (Fsp3) is 0.0370. The van der Waals surface area contributed by atoms with Gasteiger partial charge in [0.15, 0.2) is 5.84 Å². The molecule has 0 radical (unpaired) electrons. The van der Waals surface area contributed by atoms with Gasteiger partial charge in [-0.05, 0) is 24.3 Å². The van der Waals surface area contributed by atoms with Crippen LogP contribution in [0.15, 0.2) is 108 Å². The number of hydrogen-bond donors (Lipinski definition) is 2. The summed E-state index contributed by atoms with van der Waals surface area (Å²) >= 11 is 0. The Labute approximate surface area is 181 Å². The molecule has 0 spiro atoms. The Morgan fingerprint density at radius 3 is 2.10 bits per heavy atom. The first-order valence-corrected chi connectivity index (χ1v) is 10.3. The van der Waals surface area contributed by atoms with E-state index < -0.39 is 0 Å². The molecule has 4 aromatic carbocycles. The predicted octanol–water partition coefficient (Wildman–Crippen LogP) is 5.78. The highest BCUT2D eigenvalue weighted by molar-refractivity contribution is 6.14. The Morgan fingerprint density at radius 1 is 0.710 bits per heavy atom. The molecule has 0 bridgehead atoms. The lowest BCUT2D eigenvalue weighted by molar-refractivity contribution is 1.16. The van der Waals surface area contributed by atoms with Crippen LogP contribution in [0.1, 0.15) is 11.1 Å². The molecule has 0 aliphatic heterocycles. The maximum Gasteiger partial charge on any atom is 0.154 e. The average Bonchev–Trinajstić information content (AvgIpc) is 3.17. The molecule has 0 aliphatic carbocycles. The molecule has 150 valence electrons. The quantitative estimate of drug-likeness (QED) is 0.292. The van der Waals surface area contributed by atoms with Crippen LogP contribution in [-0.4, -0.2) is 23.3 Å². The van der Waals surface area contributed by atoms with E-state index in [1.54, 1.807) is 0 Å². The highest BCUT2D eigenvalue weighted by Gasteiger charge is 2.14. The molecule has 0 saturated carbocycles. The molecule has 31 heavy (non-hydrogen) atoms. The highest BCUT2D eigenvalue weighted by atomic mass is 15.0. The molecule has 4 heteroatoms. The summed E-state index contributed by atoms with van der Waals surface area (Å²) in [7, 11) is 1.84. The minimum absolute atomic E-state index is 0.230. The Morgan fingerprint density at radius 2 is 1.35 bits per heavy atom. The Bertz CT molecular complexity index is 1410. The van der Waals surface area contributed by atoms with Crippen LogP contribution in [0.3, 0.4) is 0 Å². The summed E-state index contributed by atoms with van der Waals surface area (Å²) in [6, 6.07) is 34.8. The second-order valence-electron chi connectivity index (χ2n) is 7.35. The lowest BCUT2D eigenvalue weighted by Crippen LogP contribution is -2.21. The number of aromatic nitrogens is 1. The molecule has 0 fully saturated rings. The van der Waals surface area contributed by atoms with E-state index in [1.165, 1.54) is 16.3 Å². The number of nitrogens with one attached hydrogen (secondary N) is 2. The van der Waals surface area contributed by atoms with Gasteiger partial charge in [0.25, 0.3) is 0 Å². The van der Waals surface area contributed by atoms with Crippen molar-refractivity contribution in [2.75, 3.05) is 7.05 Å². The van der Waals surface area contributed by atoms with Crippen LogP contribution < -0.4 is 5.32 Å². The first-order chi connectivity index (χ1) is 15.3. The maximum absolute atomic E-state index is 8.41. The third-order valence-electron chi connectivity index (χ3n) is 5.47. The van der Waals surface area contributed by atoms with Crippen LogP contribution in [0.2, 0.25) is 0 Å². The summed E-state index contributed by atoms with van der Waals surface area (Å²) in [6.45, 7) is 0. The molecule has 5 aromatic rings. The molecule has 0 saturated heterocycles. The summed E-state index contributed by atoms with van der Waals surface area (Å²) in [5.41, 5.74) is 5.12. The average molecular weight is 403 g/mol. The van der Waals surface area contributed by atoms with Crippen LogP contribution in [0.4, 0.5) is 0 Å². The Kier molecular flexibility index (Phi) is 4.81. The van der Waals surface area contributed by atoms with Crippen molar-refractivity contribution < 1.29 is 0 Å². The summed E-state index contributed by atoms with van der Waals surface area (Å²) < 4.78 is 2.28. The fourth-order valence-corrected chi connectivity index (χ4v) is 4.01. The lowest BCUT2D eigenvalue weighted by Gasteiger charge is -2.10. The SMILES string of the molecule is CN/C(=N\C(=N)c1ccccc1)c1ccc2c3ccccc3n(-c3ccccc3)c2c1. The molecule has 1 aromatic heterocycles. The molecule has 1 heterocycles. The molecule has 2 N–H and O–H groups in total. The summed E-state index contributed by atoms with van der Waals surface area (Å²) in [5, 5.41) is 14.0. The second kappa shape index (κ2) is 7.92. The Balaban J connectivity index is 1.70. The van der Waals surface area contributed by atoms with Gasteiger partial charge < -0.3 is 9.88 Å². The van der Waals surface area contributed by atoms with Gasteiger partial charge in [0, 0.05) is 34.6 Å². The van der Waals surface area contributed by atoms with Crippen LogP contribution in [0.5, 0.6) is 0 Å². The number of nitrogens with zero attached hydrogens (tertiary/aromatic N) is 2. The number of fused-ring (bicyclic) bond motifs is 3. The lowest BCUT2D eigenvalue weighted by atomic mass is 10.1. The minimum Gasteiger partial charge on any atom is -0.373 e. The Hall–Kier alpha value is -4.18. The monoisotopic (exact) mass is 402 g/mol. The summed E-state index contributed by atoms with van der Waals surface area (Å²) in [4.78, 5) is 4.58. The fourth-order valence-electron chi connectivity index (χ4n) is 4.01. The van der Waals surface area contributed by atoms with Crippen molar-refractivity contribution in [1.82, 2.24) is 9.88 Å². The van der Waals surface area contributed by atoms with Gasteiger partial charge in [-0.2, -0.15) is 0 Å². The van der Waals surface area contributed by atoms with Gasteiger partial charge in [-0.1, -0.05) is 78.9 Å². The van der Waals surface area contributed by atoms with Crippen LogP contribution >= 0.6 is 0 Å². The zero-order valence-corrected chi connectivity index (χ0v) is 17.2. The van der Waals surface area contributed by atoms with Crippen LogP contribution in [-0.2, 0) is 0 Å². The smallest absolute Gasteiger partial charge is 0.154 e. The number of aliphatic imine (C=N–C) groups is 1. The number of benzene rings is 4. The van der Waals surface area contributed by atoms with Gasteiger partial charge in [0.05, 0.1) is 11.0 Å². The first-order valence-electron chi connectivity index (χ1n) is 10.3. The van der Waals surface area contributed by atoms with Crippen molar-refractivity contribution in [3.05, 3.63) is 114 Å². The van der Waals surface area contributed by atoms with E-state index in [-0.39, 0.29) is 5.84 Å². The van der Waals surface area contributed by atoms with E-state index in [0.29, 0.717) is 5.84 Å². The third kappa shape index (κ3) is 3.38. The van der Waals surface area contributed by atoms with Gasteiger partial charge in [-0.25, -0.2) is 4.99 Å². The number of amidine groups is 2. The minimum atomic E-state index is 0.230. The normalized spacial score (nSPS) is 11.7. The molecule has 0 unspecified atom stereocenters. The molecular formula is C27H22N4.